The Kier molecular flexibility index (Phi) is 10.5. The molecule has 1 saturated heterocycles. The van der Waals surface area contributed by atoms with E-state index in [-0.39, 0.29) is 30.4 Å². The van der Waals surface area contributed by atoms with Gasteiger partial charge >= 0.3 is 12.1 Å². The zero-order chi connectivity index (χ0) is 31.9. The molecule has 1 unspecified atom stereocenters. The van der Waals surface area contributed by atoms with Gasteiger partial charge in [0.15, 0.2) is 16.7 Å². The Labute approximate surface area is 256 Å². The largest absolute Gasteiger partial charge is 0.493 e. The van der Waals surface area contributed by atoms with Crippen molar-refractivity contribution in [3.05, 3.63) is 83.4 Å². The lowest BCUT2D eigenvalue weighted by Gasteiger charge is -2.32. The number of carbonyl (C=O) groups is 3. The predicted molar refractivity (Wildman–Crippen MR) is 161 cm³/mol. The molecule has 0 aromatic heterocycles. The highest BCUT2D eigenvalue weighted by Gasteiger charge is 2.36. The molecule has 232 valence electrons. The summed E-state index contributed by atoms with van der Waals surface area (Å²) in [6.45, 7) is 2.07. The van der Waals surface area contributed by atoms with Gasteiger partial charge in [-0.2, -0.15) is 13.2 Å². The predicted octanol–water partition coefficient (Wildman–Crippen LogP) is 6.10. The fourth-order valence-electron chi connectivity index (χ4n) is 4.33. The van der Waals surface area contributed by atoms with E-state index in [1.165, 1.54) is 55.5 Å². The second-order valence-corrected chi connectivity index (χ2v) is 10.7. The molecule has 4 rings (SSSR count). The number of ether oxygens (including phenoxy) is 3. The van der Waals surface area contributed by atoms with Crippen LogP contribution in [0.5, 0.6) is 11.5 Å². The summed E-state index contributed by atoms with van der Waals surface area (Å²) >= 11 is 0.985. The maximum absolute atomic E-state index is 13.4. The van der Waals surface area contributed by atoms with E-state index in [1.54, 1.807) is 19.1 Å². The number of rotatable bonds is 10. The van der Waals surface area contributed by atoms with Crippen LogP contribution in [0.25, 0.3) is 0 Å². The molecule has 1 N–H and O–H groups in total. The molecular formula is C31H30F3N3O6S. The highest BCUT2D eigenvalue weighted by atomic mass is 32.2. The van der Waals surface area contributed by atoms with Gasteiger partial charge in [0, 0.05) is 18.7 Å². The van der Waals surface area contributed by atoms with Gasteiger partial charge in [0.05, 0.1) is 37.6 Å². The van der Waals surface area contributed by atoms with E-state index in [0.29, 0.717) is 29.2 Å². The fourth-order valence-corrected chi connectivity index (χ4v) is 5.45. The molecule has 1 aliphatic rings. The number of carbonyl (C=O) groups excluding carboxylic acids is 3. The topological polar surface area (TPSA) is 107 Å². The van der Waals surface area contributed by atoms with Crippen LogP contribution in [0.4, 0.5) is 24.5 Å². The van der Waals surface area contributed by atoms with Crippen LogP contribution in [0.3, 0.4) is 0 Å². The van der Waals surface area contributed by atoms with Crippen molar-refractivity contribution in [2.24, 2.45) is 4.99 Å². The maximum Gasteiger partial charge on any atom is 0.416 e. The van der Waals surface area contributed by atoms with E-state index in [4.69, 9.17) is 14.2 Å². The van der Waals surface area contributed by atoms with E-state index in [2.05, 4.69) is 10.3 Å². The minimum Gasteiger partial charge on any atom is -0.493 e. The van der Waals surface area contributed by atoms with Crippen LogP contribution >= 0.6 is 11.8 Å². The lowest BCUT2D eigenvalue weighted by Crippen LogP contribution is -2.46. The summed E-state index contributed by atoms with van der Waals surface area (Å²) in [6, 6.07) is 15.8. The van der Waals surface area contributed by atoms with Crippen LogP contribution in [-0.4, -0.2) is 60.5 Å². The number of nitrogens with zero attached hydrogens (tertiary/aromatic N) is 2. The Balaban J connectivity index is 1.57. The van der Waals surface area contributed by atoms with E-state index >= 15 is 0 Å². The van der Waals surface area contributed by atoms with Gasteiger partial charge in [0.2, 0.25) is 11.8 Å². The number of anilines is 1. The fraction of sp³-hybridized carbons (Fsp3) is 0.290. The molecule has 13 heteroatoms. The van der Waals surface area contributed by atoms with Gasteiger partial charge in [-0.15, -0.1) is 0 Å². The van der Waals surface area contributed by atoms with Crippen LogP contribution in [0.1, 0.15) is 34.8 Å². The first kappa shape index (κ1) is 32.4. The molecule has 3 aromatic carbocycles. The molecule has 0 radical (unpaired) electrons. The summed E-state index contributed by atoms with van der Waals surface area (Å²) in [6.07, 6.45) is -4.37. The summed E-state index contributed by atoms with van der Waals surface area (Å²) in [5, 5.41) is 1.92. The molecule has 0 spiro atoms. The summed E-state index contributed by atoms with van der Waals surface area (Å²) in [5.74, 6) is -0.357. The first-order chi connectivity index (χ1) is 21.0. The Bertz CT molecular complexity index is 1550. The number of hydrogen-bond donors (Lipinski definition) is 1. The number of alkyl halides is 3. The van der Waals surface area contributed by atoms with E-state index in [1.807, 2.05) is 6.07 Å². The van der Waals surface area contributed by atoms with Crippen LogP contribution < -0.4 is 14.8 Å². The Morgan fingerprint density at radius 3 is 2.41 bits per heavy atom. The van der Waals surface area contributed by atoms with Crippen molar-refractivity contribution in [2.45, 2.75) is 31.2 Å². The first-order valence-electron chi connectivity index (χ1n) is 13.5. The third kappa shape index (κ3) is 8.10. The molecule has 1 heterocycles. The smallest absolute Gasteiger partial charge is 0.416 e. The zero-order valence-electron chi connectivity index (χ0n) is 24.1. The molecule has 0 saturated carbocycles. The standard InChI is InChI=1S/C31H30F3N3O6S/c1-4-43-29(40)20-9-11-22(12-10-20)35-28(39)26-18-27(38)37(15-14-19-8-13-24(41-2)25(16-19)42-3)30(44-26)36-23-7-5-6-21(17-23)31(32,33)34/h5-13,16-17,26H,4,14-15,18H2,1-3H3,(H,35,39). The van der Waals surface area contributed by atoms with Crippen LogP contribution in [0, 0.1) is 0 Å². The number of aliphatic imine (C=N–C) groups is 1. The van der Waals surface area contributed by atoms with E-state index in [0.717, 1.165) is 29.5 Å². The van der Waals surface area contributed by atoms with E-state index < -0.39 is 34.8 Å². The SMILES string of the molecule is CCOC(=O)c1ccc(NC(=O)C2CC(=O)N(CCc3ccc(OC)c(OC)c3)C(=Nc3cccc(C(F)(F)F)c3)S2)cc1. The molecular weight excluding hydrogens is 599 g/mol. The maximum atomic E-state index is 13.4. The van der Waals surface area contributed by atoms with Crippen molar-refractivity contribution in [3.63, 3.8) is 0 Å². The molecule has 1 fully saturated rings. The van der Waals surface area contributed by atoms with Gasteiger partial charge in [-0.3, -0.25) is 14.5 Å². The summed E-state index contributed by atoms with van der Waals surface area (Å²) in [7, 11) is 3.02. The first-order valence-corrected chi connectivity index (χ1v) is 14.4. The second-order valence-electron chi connectivity index (χ2n) is 9.52. The molecule has 2 amide bonds. The molecule has 0 aliphatic carbocycles. The molecule has 44 heavy (non-hydrogen) atoms. The summed E-state index contributed by atoms with van der Waals surface area (Å²) in [5.41, 5.74) is 0.631. The van der Waals surface area contributed by atoms with Crippen molar-refractivity contribution in [1.82, 2.24) is 4.90 Å². The number of hydrogen-bond acceptors (Lipinski definition) is 8. The van der Waals surface area contributed by atoms with Crippen molar-refractivity contribution in [1.29, 1.82) is 0 Å². The Hall–Kier alpha value is -4.52. The normalized spacial score (nSPS) is 16.0. The summed E-state index contributed by atoms with van der Waals surface area (Å²) in [4.78, 5) is 44.3. The number of methoxy groups -OCH3 is 2. The number of halogens is 3. The minimum atomic E-state index is -4.58. The Morgan fingerprint density at radius 2 is 1.75 bits per heavy atom. The number of amides is 2. The average molecular weight is 630 g/mol. The molecule has 1 aliphatic heterocycles. The number of benzene rings is 3. The number of amidine groups is 1. The molecule has 9 nitrogen and oxygen atoms in total. The quantitative estimate of drug-likeness (QED) is 0.270. The van der Waals surface area contributed by atoms with E-state index in [9.17, 15) is 27.6 Å². The lowest BCUT2D eigenvalue weighted by atomic mass is 10.1. The third-order valence-electron chi connectivity index (χ3n) is 6.57. The van der Waals surface area contributed by atoms with Gasteiger partial charge in [-0.25, -0.2) is 9.79 Å². The van der Waals surface area contributed by atoms with Crippen LogP contribution in [0.15, 0.2) is 71.7 Å². The van der Waals surface area contributed by atoms with Gasteiger partial charge < -0.3 is 19.5 Å². The minimum absolute atomic E-state index is 0.0122. The number of nitrogens with one attached hydrogen (secondary N) is 1. The molecule has 1 atom stereocenters. The highest BCUT2D eigenvalue weighted by molar-refractivity contribution is 8.15. The summed E-state index contributed by atoms with van der Waals surface area (Å²) < 4.78 is 55.7. The number of esters is 1. The zero-order valence-corrected chi connectivity index (χ0v) is 25.0. The average Bonchev–Trinajstić information content (AvgIpc) is 3.00. The number of thioether (sulfide) groups is 1. The van der Waals surface area contributed by atoms with Gasteiger partial charge in [0.1, 0.15) is 5.25 Å². The van der Waals surface area contributed by atoms with Gasteiger partial charge in [-0.1, -0.05) is 23.9 Å². The van der Waals surface area contributed by atoms with Gasteiger partial charge in [-0.05, 0) is 73.5 Å². The third-order valence-corrected chi connectivity index (χ3v) is 7.75. The van der Waals surface area contributed by atoms with Gasteiger partial charge in [0.25, 0.3) is 0 Å². The monoisotopic (exact) mass is 629 g/mol. The van der Waals surface area contributed by atoms with Crippen LogP contribution in [0.2, 0.25) is 0 Å². The van der Waals surface area contributed by atoms with Crippen LogP contribution in [-0.2, 0) is 26.9 Å². The van der Waals surface area contributed by atoms with Crippen molar-refractivity contribution in [3.8, 4) is 11.5 Å². The molecule has 0 bridgehead atoms. The highest BCUT2D eigenvalue weighted by Crippen LogP contribution is 2.34. The second kappa shape index (κ2) is 14.3. The molecule has 3 aromatic rings. The lowest BCUT2D eigenvalue weighted by molar-refractivity contribution is -0.137. The van der Waals surface area contributed by atoms with Crippen molar-refractivity contribution in [2.75, 3.05) is 32.7 Å². The van der Waals surface area contributed by atoms with Crippen molar-refractivity contribution >= 4 is 46.1 Å². The van der Waals surface area contributed by atoms with Crippen molar-refractivity contribution < 1.29 is 41.8 Å². The Morgan fingerprint density at radius 1 is 1.02 bits per heavy atom.